The van der Waals surface area contributed by atoms with Crippen LogP contribution in [0.3, 0.4) is 0 Å². The Hall–Kier alpha value is -2.05. The van der Waals surface area contributed by atoms with Crippen LogP contribution >= 0.6 is 11.6 Å². The van der Waals surface area contributed by atoms with E-state index in [1.807, 2.05) is 30.3 Å². The molecule has 146 valence electrons. The van der Waals surface area contributed by atoms with E-state index in [0.717, 1.165) is 6.26 Å². The van der Waals surface area contributed by atoms with Crippen molar-refractivity contribution < 1.29 is 13.2 Å². The molecular weight excluding hydrogens is 384 g/mol. The Morgan fingerprint density at radius 2 is 1.85 bits per heavy atom. The largest absolute Gasteiger partial charge is 0.356 e. The summed E-state index contributed by atoms with van der Waals surface area (Å²) in [6.45, 7) is 2.83. The summed E-state index contributed by atoms with van der Waals surface area (Å²) >= 11 is 5.96. The summed E-state index contributed by atoms with van der Waals surface area (Å²) in [4.78, 5) is 12.1. The highest BCUT2D eigenvalue weighted by molar-refractivity contribution is 7.92. The lowest BCUT2D eigenvalue weighted by Crippen LogP contribution is -2.32. The van der Waals surface area contributed by atoms with Crippen LogP contribution in [-0.2, 0) is 14.8 Å². The predicted octanol–water partition coefficient (Wildman–Crippen LogP) is 3.81. The van der Waals surface area contributed by atoms with E-state index in [2.05, 4.69) is 12.2 Å². The van der Waals surface area contributed by atoms with Crippen LogP contribution in [0.1, 0.15) is 31.2 Å². The Morgan fingerprint density at radius 1 is 1.15 bits per heavy atom. The summed E-state index contributed by atoms with van der Waals surface area (Å²) in [6.07, 6.45) is 1.83. The van der Waals surface area contributed by atoms with Gasteiger partial charge in [0.05, 0.1) is 11.9 Å². The van der Waals surface area contributed by atoms with Crippen molar-refractivity contribution in [2.45, 2.75) is 25.7 Å². The van der Waals surface area contributed by atoms with Gasteiger partial charge in [0.2, 0.25) is 15.9 Å². The molecule has 27 heavy (non-hydrogen) atoms. The van der Waals surface area contributed by atoms with E-state index in [9.17, 15) is 13.2 Å². The number of halogens is 1. The molecule has 0 saturated heterocycles. The van der Waals surface area contributed by atoms with Gasteiger partial charge in [-0.15, -0.1) is 0 Å². The Morgan fingerprint density at radius 3 is 2.48 bits per heavy atom. The van der Waals surface area contributed by atoms with E-state index in [1.54, 1.807) is 24.3 Å². The fraction of sp³-hybridized carbons (Fsp3) is 0.350. The molecule has 0 bridgehead atoms. The zero-order chi connectivity index (χ0) is 19.9. The van der Waals surface area contributed by atoms with Crippen molar-refractivity contribution in [3.05, 3.63) is 65.2 Å². The highest BCUT2D eigenvalue weighted by Gasteiger charge is 2.18. The molecular formula is C20H25ClN2O3S. The van der Waals surface area contributed by atoms with E-state index < -0.39 is 10.0 Å². The summed E-state index contributed by atoms with van der Waals surface area (Å²) in [5.74, 6) is 0.131. The molecule has 7 heteroatoms. The summed E-state index contributed by atoms with van der Waals surface area (Å²) in [5.41, 5.74) is 1.67. The smallest absolute Gasteiger partial charge is 0.232 e. The molecule has 0 radical (unpaired) electrons. The lowest BCUT2D eigenvalue weighted by molar-refractivity contribution is -0.121. The van der Waals surface area contributed by atoms with Gasteiger partial charge in [-0.1, -0.05) is 54.9 Å². The van der Waals surface area contributed by atoms with Crippen LogP contribution in [0.2, 0.25) is 5.02 Å². The Balaban J connectivity index is 1.85. The van der Waals surface area contributed by atoms with Gasteiger partial charge in [0.15, 0.2) is 0 Å². The van der Waals surface area contributed by atoms with Gasteiger partial charge in [-0.2, -0.15) is 0 Å². The molecule has 0 spiro atoms. The van der Waals surface area contributed by atoms with Crippen molar-refractivity contribution in [2.24, 2.45) is 0 Å². The maximum Gasteiger partial charge on any atom is 0.232 e. The summed E-state index contributed by atoms with van der Waals surface area (Å²) in [6, 6.07) is 16.7. The maximum absolute atomic E-state index is 12.1. The minimum absolute atomic E-state index is 0.0858. The monoisotopic (exact) mass is 408 g/mol. The SMILES string of the molecule is C[C@@H](CNC(=O)CCCN(c1cccc(Cl)c1)S(C)(=O)=O)c1ccccc1. The molecule has 1 amide bonds. The number of hydrogen-bond acceptors (Lipinski definition) is 3. The standard InChI is InChI=1S/C20H25ClN2O3S/c1-16(17-8-4-3-5-9-17)15-22-20(24)12-7-13-23(27(2,25)26)19-11-6-10-18(21)14-19/h3-6,8-11,14,16H,7,12-13,15H2,1-2H3,(H,22,24)/t16-/m0/s1. The summed E-state index contributed by atoms with van der Waals surface area (Å²) in [5, 5.41) is 3.38. The third-order valence-electron chi connectivity index (χ3n) is 4.24. The Bertz CT molecular complexity index is 857. The van der Waals surface area contributed by atoms with E-state index in [4.69, 9.17) is 11.6 Å². The summed E-state index contributed by atoms with van der Waals surface area (Å²) in [7, 11) is -3.45. The first-order chi connectivity index (χ1) is 12.8. The zero-order valence-corrected chi connectivity index (χ0v) is 17.1. The van der Waals surface area contributed by atoms with Crippen LogP contribution in [0.4, 0.5) is 5.69 Å². The fourth-order valence-electron chi connectivity index (χ4n) is 2.76. The van der Waals surface area contributed by atoms with E-state index in [1.165, 1.54) is 9.87 Å². The molecule has 0 aliphatic heterocycles. The van der Waals surface area contributed by atoms with Crippen molar-refractivity contribution >= 4 is 33.2 Å². The molecule has 0 aromatic heterocycles. The molecule has 0 aliphatic rings. The number of carbonyl (C=O) groups is 1. The quantitative estimate of drug-likeness (QED) is 0.686. The van der Waals surface area contributed by atoms with Crippen molar-refractivity contribution in [3.63, 3.8) is 0 Å². The molecule has 1 atom stereocenters. The molecule has 2 rings (SSSR count). The van der Waals surface area contributed by atoms with Crippen molar-refractivity contribution in [1.82, 2.24) is 5.32 Å². The Kier molecular flexibility index (Phi) is 7.68. The summed E-state index contributed by atoms with van der Waals surface area (Å²) < 4.78 is 25.4. The predicted molar refractivity (Wildman–Crippen MR) is 111 cm³/mol. The van der Waals surface area contributed by atoms with Gasteiger partial charge in [0, 0.05) is 24.5 Å². The van der Waals surface area contributed by atoms with Gasteiger partial charge >= 0.3 is 0 Å². The molecule has 0 saturated carbocycles. The van der Waals surface area contributed by atoms with Gasteiger partial charge in [-0.25, -0.2) is 8.42 Å². The molecule has 5 nitrogen and oxygen atoms in total. The second-order valence-corrected chi connectivity index (χ2v) is 8.88. The van der Waals surface area contributed by atoms with Gasteiger partial charge < -0.3 is 5.32 Å². The van der Waals surface area contributed by atoms with Gasteiger partial charge in [0.25, 0.3) is 0 Å². The first-order valence-electron chi connectivity index (χ1n) is 8.82. The van der Waals surface area contributed by atoms with Crippen LogP contribution in [-0.4, -0.2) is 33.7 Å². The second kappa shape index (κ2) is 9.76. The van der Waals surface area contributed by atoms with Crippen LogP contribution in [0, 0.1) is 0 Å². The number of benzene rings is 2. The Labute approximate surface area is 166 Å². The zero-order valence-electron chi connectivity index (χ0n) is 15.6. The molecule has 0 aliphatic carbocycles. The molecule has 0 heterocycles. The topological polar surface area (TPSA) is 66.5 Å². The van der Waals surface area contributed by atoms with Crippen LogP contribution in [0.15, 0.2) is 54.6 Å². The second-order valence-electron chi connectivity index (χ2n) is 6.53. The van der Waals surface area contributed by atoms with Crippen molar-refractivity contribution in [3.8, 4) is 0 Å². The number of amides is 1. The lowest BCUT2D eigenvalue weighted by atomic mass is 10.0. The van der Waals surface area contributed by atoms with E-state index >= 15 is 0 Å². The molecule has 0 unspecified atom stereocenters. The molecule has 2 aromatic carbocycles. The first kappa shape index (κ1) is 21.3. The number of rotatable bonds is 9. The van der Waals surface area contributed by atoms with Gasteiger partial charge in [-0.05, 0) is 36.1 Å². The third-order valence-corrected chi connectivity index (χ3v) is 5.66. The number of hydrogen-bond donors (Lipinski definition) is 1. The number of carbonyl (C=O) groups excluding carboxylic acids is 1. The van der Waals surface area contributed by atoms with Crippen LogP contribution < -0.4 is 9.62 Å². The van der Waals surface area contributed by atoms with Crippen molar-refractivity contribution in [2.75, 3.05) is 23.7 Å². The minimum Gasteiger partial charge on any atom is -0.356 e. The van der Waals surface area contributed by atoms with Crippen LogP contribution in [0.25, 0.3) is 0 Å². The molecule has 2 aromatic rings. The fourth-order valence-corrected chi connectivity index (χ4v) is 3.90. The highest BCUT2D eigenvalue weighted by Crippen LogP contribution is 2.22. The van der Waals surface area contributed by atoms with E-state index in [-0.39, 0.29) is 24.8 Å². The highest BCUT2D eigenvalue weighted by atomic mass is 35.5. The molecule has 0 fully saturated rings. The van der Waals surface area contributed by atoms with Crippen molar-refractivity contribution in [1.29, 1.82) is 0 Å². The van der Waals surface area contributed by atoms with Crippen LogP contribution in [0.5, 0.6) is 0 Å². The number of nitrogens with one attached hydrogen (secondary N) is 1. The lowest BCUT2D eigenvalue weighted by Gasteiger charge is -2.22. The average Bonchev–Trinajstić information content (AvgIpc) is 2.63. The first-order valence-corrected chi connectivity index (χ1v) is 11.0. The number of sulfonamides is 1. The minimum atomic E-state index is -3.45. The normalized spacial score (nSPS) is 12.4. The average molecular weight is 409 g/mol. The third kappa shape index (κ3) is 6.88. The number of anilines is 1. The molecule has 1 N–H and O–H groups in total. The van der Waals surface area contributed by atoms with Gasteiger partial charge in [0.1, 0.15) is 0 Å². The maximum atomic E-state index is 12.1. The van der Waals surface area contributed by atoms with Gasteiger partial charge in [-0.3, -0.25) is 9.10 Å². The number of nitrogens with zero attached hydrogens (tertiary/aromatic N) is 1. The van der Waals surface area contributed by atoms with E-state index in [0.29, 0.717) is 23.7 Å².